The number of nitro groups is 1. The summed E-state index contributed by atoms with van der Waals surface area (Å²) in [7, 11) is 0. The normalized spacial score (nSPS) is 23.0. The molecular weight excluding hydrogens is 560 g/mol. The van der Waals surface area contributed by atoms with Crippen LogP contribution in [0.4, 0.5) is 10.8 Å². The van der Waals surface area contributed by atoms with Gasteiger partial charge in [0.05, 0.1) is 4.92 Å². The van der Waals surface area contributed by atoms with Crippen LogP contribution in [-0.4, -0.2) is 83.1 Å². The van der Waals surface area contributed by atoms with Gasteiger partial charge in [-0.05, 0) is 18.4 Å². The van der Waals surface area contributed by atoms with E-state index < -0.39 is 39.5 Å². The third-order valence-electron chi connectivity index (χ3n) is 5.48. The summed E-state index contributed by atoms with van der Waals surface area (Å²) in [6, 6.07) is 1.86. The Bertz CT molecular complexity index is 1320. The molecule has 4 N–H and O–H groups in total. The summed E-state index contributed by atoms with van der Waals surface area (Å²) < 4.78 is 3.97. The molecule has 15 nitrogen and oxygen atoms in total. The van der Waals surface area contributed by atoms with E-state index in [1.807, 2.05) is 0 Å². The molecule has 2 amide bonds. The number of anilines is 1. The Labute approximate surface area is 227 Å². The Morgan fingerprint density at radius 1 is 1.50 bits per heavy atom. The van der Waals surface area contributed by atoms with Gasteiger partial charge in [-0.15, -0.1) is 11.8 Å². The van der Waals surface area contributed by atoms with Crippen molar-refractivity contribution in [3.05, 3.63) is 45.8 Å². The molecule has 38 heavy (non-hydrogen) atoms. The van der Waals surface area contributed by atoms with Gasteiger partial charge in [0.15, 0.2) is 5.13 Å². The summed E-state index contributed by atoms with van der Waals surface area (Å²) in [5.74, 6) is -2.18. The number of pyridine rings is 1. The molecule has 3 atom stereocenters. The number of fused-ring (bicyclic) bond motifs is 1. The lowest BCUT2D eigenvalue weighted by Crippen LogP contribution is -2.73. The fourth-order valence-corrected chi connectivity index (χ4v) is 6.21. The van der Waals surface area contributed by atoms with Crippen molar-refractivity contribution in [2.75, 3.05) is 24.6 Å². The number of nitrogen functional groups attached to an aromatic ring is 1. The number of oxime groups is 1. The molecule has 0 radical (unpaired) electrons. The van der Waals surface area contributed by atoms with Gasteiger partial charge in [-0.1, -0.05) is 23.0 Å². The zero-order valence-electron chi connectivity index (χ0n) is 19.5. The number of carbonyl (C=O) groups is 3. The van der Waals surface area contributed by atoms with E-state index in [4.69, 9.17) is 10.6 Å². The molecule has 2 aliphatic rings. The predicted octanol–water partition coefficient (Wildman–Crippen LogP) is 0.941. The first kappa shape index (κ1) is 27.3. The molecule has 2 aromatic heterocycles. The van der Waals surface area contributed by atoms with Crippen molar-refractivity contribution >= 4 is 69.4 Å². The zero-order chi connectivity index (χ0) is 27.4. The number of carbonyl (C=O) groups excluding carboxylic acids is 2. The molecule has 2 aliphatic heterocycles. The molecule has 0 spiro atoms. The summed E-state index contributed by atoms with van der Waals surface area (Å²) in [6.45, 7) is 1.77. The highest BCUT2D eigenvalue weighted by Gasteiger charge is 2.57. The van der Waals surface area contributed by atoms with Crippen molar-refractivity contribution in [3.8, 4) is 0 Å². The third-order valence-corrected chi connectivity index (χ3v) is 8.33. The van der Waals surface area contributed by atoms with Gasteiger partial charge in [-0.25, -0.2) is 4.98 Å². The van der Waals surface area contributed by atoms with Crippen molar-refractivity contribution in [3.63, 3.8) is 0 Å². The van der Waals surface area contributed by atoms with Gasteiger partial charge < -0.3 is 25.9 Å². The first-order valence-corrected chi connectivity index (χ1v) is 13.6. The van der Waals surface area contributed by atoms with Crippen LogP contribution in [-0.2, 0) is 19.2 Å². The number of amides is 2. The number of nitrogens with one attached hydrogen (secondary N) is 1. The summed E-state index contributed by atoms with van der Waals surface area (Å²) in [5.41, 5.74) is 3.84. The molecule has 0 saturated carbocycles. The second kappa shape index (κ2) is 11.3. The Hall–Kier alpha value is -3.77. The number of rotatable bonds is 10. The van der Waals surface area contributed by atoms with Crippen molar-refractivity contribution in [1.29, 1.82) is 0 Å². The number of aromatic nitrogens is 3. The topological polar surface area (TPSA) is 216 Å². The van der Waals surface area contributed by atoms with Gasteiger partial charge in [-0.2, -0.15) is 9.36 Å². The van der Waals surface area contributed by atoms with E-state index >= 15 is 0 Å². The van der Waals surface area contributed by atoms with Gasteiger partial charge in [0.25, 0.3) is 11.6 Å². The number of β-lactam (4-membered cyclic amide) rings is 1. The first-order valence-electron chi connectivity index (χ1n) is 10.9. The van der Waals surface area contributed by atoms with Crippen molar-refractivity contribution in [2.24, 2.45) is 10.6 Å². The van der Waals surface area contributed by atoms with Gasteiger partial charge in [0, 0.05) is 29.9 Å². The smallest absolute Gasteiger partial charge is 0.316 e. The number of hydrogen-bond acceptors (Lipinski definition) is 14. The molecule has 2 unspecified atom stereocenters. The van der Waals surface area contributed by atoms with E-state index in [0.29, 0.717) is 5.03 Å². The van der Waals surface area contributed by atoms with Crippen LogP contribution in [0.15, 0.2) is 40.0 Å². The van der Waals surface area contributed by atoms with E-state index in [0.717, 1.165) is 29.5 Å². The summed E-state index contributed by atoms with van der Waals surface area (Å²) in [6.07, 6.45) is 2.60. The van der Waals surface area contributed by atoms with Gasteiger partial charge in [0.1, 0.15) is 34.7 Å². The third kappa shape index (κ3) is 5.55. The summed E-state index contributed by atoms with van der Waals surface area (Å²) >= 11 is 3.19. The molecule has 2 aromatic rings. The zero-order valence-corrected chi connectivity index (χ0v) is 22.0. The minimum absolute atomic E-state index is 0.0339. The second-order valence-corrected chi connectivity index (χ2v) is 10.7. The first-order chi connectivity index (χ1) is 18.1. The van der Waals surface area contributed by atoms with Crippen LogP contribution in [0.1, 0.15) is 12.7 Å². The molecule has 200 valence electrons. The molecule has 4 rings (SSSR count). The fourth-order valence-electron chi connectivity index (χ4n) is 3.53. The largest absolute Gasteiger partial charge is 0.481 e. The predicted molar refractivity (Wildman–Crippen MR) is 138 cm³/mol. The van der Waals surface area contributed by atoms with E-state index in [1.54, 1.807) is 6.92 Å². The highest BCUT2D eigenvalue weighted by atomic mass is 32.2. The fraction of sp³-hybridized carbons (Fsp3) is 0.350. The molecule has 2 fully saturated rings. The quantitative estimate of drug-likeness (QED) is 0.117. The summed E-state index contributed by atoms with van der Waals surface area (Å²) in [4.78, 5) is 62.5. The maximum Gasteiger partial charge on any atom is 0.316 e. The van der Waals surface area contributed by atoms with E-state index in [1.165, 1.54) is 40.3 Å². The summed E-state index contributed by atoms with van der Waals surface area (Å²) in [5, 5.41) is 28.7. The van der Waals surface area contributed by atoms with E-state index in [2.05, 4.69) is 24.8 Å². The van der Waals surface area contributed by atoms with Crippen LogP contribution in [0.25, 0.3) is 0 Å². The number of nitrogens with zero attached hydrogens (tertiary/aromatic N) is 6. The number of hydrogen-bond donors (Lipinski definition) is 3. The Morgan fingerprint density at radius 3 is 2.89 bits per heavy atom. The Kier molecular flexibility index (Phi) is 8.12. The lowest BCUT2D eigenvalue weighted by Gasteiger charge is -2.53. The average molecular weight is 581 g/mol. The maximum atomic E-state index is 12.9. The van der Waals surface area contributed by atoms with Crippen LogP contribution in [0.2, 0.25) is 0 Å². The van der Waals surface area contributed by atoms with Gasteiger partial charge in [-0.3, -0.25) is 24.5 Å². The molecule has 0 aromatic carbocycles. The second-order valence-electron chi connectivity index (χ2n) is 7.93. The van der Waals surface area contributed by atoms with Crippen molar-refractivity contribution in [1.82, 2.24) is 24.6 Å². The highest BCUT2D eigenvalue weighted by Crippen LogP contribution is 2.43. The highest BCUT2D eigenvalue weighted by molar-refractivity contribution is 8.02. The van der Waals surface area contributed by atoms with E-state index in [-0.39, 0.29) is 41.3 Å². The van der Waals surface area contributed by atoms with Crippen LogP contribution in [0.3, 0.4) is 0 Å². The maximum absolute atomic E-state index is 12.9. The van der Waals surface area contributed by atoms with Crippen LogP contribution in [0, 0.1) is 15.5 Å². The molecule has 4 heterocycles. The van der Waals surface area contributed by atoms with E-state index in [9.17, 15) is 29.6 Å². The lowest BCUT2D eigenvalue weighted by molar-refractivity contribution is -0.385. The van der Waals surface area contributed by atoms with Crippen LogP contribution in [0.5, 0.6) is 0 Å². The standard InChI is InChI=1S/C20H20N8O7S3/c1-2-35-25-12(14-24-19(21)38-26-14)15(29)23-13-16(30)27-8-20(18(31)32,9-37-17(13)27)5-6-36-11-4-3-10(7-22-11)28(33)34/h3-7,13,17H,2,8-9H2,1H3,(H,23,29)(H,31,32)(H2,21,24,26)/t13?,17-,20?/m1/s1. The van der Waals surface area contributed by atoms with Crippen molar-refractivity contribution < 1.29 is 29.3 Å². The number of carboxylic acids is 1. The van der Waals surface area contributed by atoms with Crippen LogP contribution < -0.4 is 11.1 Å². The van der Waals surface area contributed by atoms with Crippen LogP contribution >= 0.6 is 35.1 Å². The number of thioether (sulfide) groups is 2. The number of carboxylic acid groups (broad SMARTS) is 1. The molecular formula is C20H20N8O7S3. The average Bonchev–Trinajstić information content (AvgIpc) is 3.33. The molecule has 2 saturated heterocycles. The SMILES string of the molecule is CCON=C(C(=O)NC1C(=O)N2CC(C=CSc3ccc([N+](=O)[O-])cn3)(C(=O)O)CS[C@H]12)c1nsc(N)n1. The van der Waals surface area contributed by atoms with Gasteiger partial charge in [0.2, 0.25) is 17.4 Å². The molecule has 0 aliphatic carbocycles. The minimum Gasteiger partial charge on any atom is -0.481 e. The van der Waals surface area contributed by atoms with Crippen molar-refractivity contribution in [2.45, 2.75) is 23.4 Å². The molecule has 0 bridgehead atoms. The Balaban J connectivity index is 1.41. The monoisotopic (exact) mass is 580 g/mol. The lowest BCUT2D eigenvalue weighted by atomic mass is 9.87. The number of nitrogens with two attached hydrogens (primary N) is 1. The Morgan fingerprint density at radius 2 is 2.29 bits per heavy atom. The molecule has 18 heteroatoms. The number of aliphatic carboxylic acids is 1. The van der Waals surface area contributed by atoms with Gasteiger partial charge >= 0.3 is 5.97 Å². The minimum atomic E-state index is -1.37.